The fourth-order valence-corrected chi connectivity index (χ4v) is 3.06. The van der Waals surface area contributed by atoms with Crippen LogP contribution in [0.25, 0.3) is 22.3 Å². The van der Waals surface area contributed by atoms with Gasteiger partial charge < -0.3 is 0 Å². The maximum Gasteiger partial charge on any atom is 0.327 e. The van der Waals surface area contributed by atoms with E-state index in [1.165, 1.54) is 24.3 Å². The Labute approximate surface area is 147 Å². The van der Waals surface area contributed by atoms with Gasteiger partial charge in [-0.1, -0.05) is 18.2 Å². The lowest BCUT2D eigenvalue weighted by Gasteiger charge is -2.08. The van der Waals surface area contributed by atoms with Crippen molar-refractivity contribution in [3.63, 3.8) is 0 Å². The molecule has 0 bridgehead atoms. The minimum absolute atomic E-state index is 0.287. The first-order chi connectivity index (χ1) is 12.5. The highest BCUT2D eigenvalue weighted by atomic mass is 19.1. The number of nitrogens with one attached hydrogen (secondary N) is 1. The summed E-state index contributed by atoms with van der Waals surface area (Å²) < 4.78 is 28.0. The molecule has 2 heterocycles. The fourth-order valence-electron chi connectivity index (χ4n) is 3.06. The van der Waals surface area contributed by atoms with Gasteiger partial charge in [-0.05, 0) is 53.9 Å². The third kappa shape index (κ3) is 2.90. The van der Waals surface area contributed by atoms with E-state index in [-0.39, 0.29) is 17.3 Å². The van der Waals surface area contributed by atoms with Crippen molar-refractivity contribution >= 4 is 11.2 Å². The molecule has 0 fully saturated rings. The SMILES string of the molecule is Cc1cc(F)ccc1-c1cnc2[nH]c(=O)n(Cc3ccc(F)cc3)c2c1. The maximum atomic E-state index is 13.4. The van der Waals surface area contributed by atoms with Gasteiger partial charge >= 0.3 is 5.69 Å². The summed E-state index contributed by atoms with van der Waals surface area (Å²) in [4.78, 5) is 19.4. The monoisotopic (exact) mass is 351 g/mol. The molecular formula is C20H15F2N3O. The van der Waals surface area contributed by atoms with E-state index in [1.54, 1.807) is 29.0 Å². The summed E-state index contributed by atoms with van der Waals surface area (Å²) in [7, 11) is 0. The Hall–Kier alpha value is -3.28. The van der Waals surface area contributed by atoms with Gasteiger partial charge in [0.15, 0.2) is 5.65 Å². The van der Waals surface area contributed by atoms with Crippen molar-refractivity contribution in [2.75, 3.05) is 0 Å². The molecule has 0 unspecified atom stereocenters. The number of H-pyrrole nitrogens is 1. The van der Waals surface area contributed by atoms with Gasteiger partial charge in [0.25, 0.3) is 0 Å². The second-order valence-electron chi connectivity index (χ2n) is 6.19. The highest BCUT2D eigenvalue weighted by Gasteiger charge is 2.11. The lowest BCUT2D eigenvalue weighted by atomic mass is 10.0. The number of fused-ring (bicyclic) bond motifs is 1. The summed E-state index contributed by atoms with van der Waals surface area (Å²) >= 11 is 0. The van der Waals surface area contributed by atoms with Crippen molar-refractivity contribution in [1.82, 2.24) is 14.5 Å². The van der Waals surface area contributed by atoms with Crippen LogP contribution in [0.5, 0.6) is 0 Å². The van der Waals surface area contributed by atoms with Crippen molar-refractivity contribution in [2.24, 2.45) is 0 Å². The molecule has 6 heteroatoms. The van der Waals surface area contributed by atoms with Gasteiger partial charge in [-0.15, -0.1) is 0 Å². The Morgan fingerprint density at radius 3 is 2.50 bits per heavy atom. The van der Waals surface area contributed by atoms with Crippen LogP contribution in [0.15, 0.2) is 59.5 Å². The number of rotatable bonds is 3. The van der Waals surface area contributed by atoms with E-state index in [0.717, 1.165) is 22.3 Å². The van der Waals surface area contributed by atoms with E-state index < -0.39 is 0 Å². The third-order valence-electron chi connectivity index (χ3n) is 4.38. The van der Waals surface area contributed by atoms with Crippen molar-refractivity contribution in [3.8, 4) is 11.1 Å². The number of halogens is 2. The fraction of sp³-hybridized carbons (Fsp3) is 0.100. The number of hydrogen-bond acceptors (Lipinski definition) is 2. The highest BCUT2D eigenvalue weighted by Crippen LogP contribution is 2.25. The molecule has 0 radical (unpaired) electrons. The smallest absolute Gasteiger partial charge is 0.290 e. The summed E-state index contributed by atoms with van der Waals surface area (Å²) in [6.45, 7) is 2.12. The molecule has 4 aromatic rings. The minimum Gasteiger partial charge on any atom is -0.290 e. The molecule has 0 atom stereocenters. The van der Waals surface area contributed by atoms with Gasteiger partial charge in [0.05, 0.1) is 12.1 Å². The van der Waals surface area contributed by atoms with Crippen LogP contribution in [0.3, 0.4) is 0 Å². The first-order valence-corrected chi connectivity index (χ1v) is 8.11. The van der Waals surface area contributed by atoms with Crippen LogP contribution < -0.4 is 5.69 Å². The molecule has 0 saturated heterocycles. The normalized spacial score (nSPS) is 11.2. The molecule has 4 nitrogen and oxygen atoms in total. The Morgan fingerprint density at radius 2 is 1.77 bits per heavy atom. The molecule has 1 N–H and O–H groups in total. The van der Waals surface area contributed by atoms with Crippen LogP contribution in [0.2, 0.25) is 0 Å². The summed E-state index contributed by atoms with van der Waals surface area (Å²) in [5.74, 6) is -0.620. The zero-order valence-corrected chi connectivity index (χ0v) is 14.0. The largest absolute Gasteiger partial charge is 0.327 e. The standard InChI is InChI=1S/C20H15F2N3O/c1-12-8-16(22)6-7-17(12)14-9-18-19(23-10-14)24-20(26)25(18)11-13-2-4-15(21)5-3-13/h2-10H,11H2,1H3,(H,23,24,26). The maximum absolute atomic E-state index is 13.4. The van der Waals surface area contributed by atoms with E-state index in [0.29, 0.717) is 17.7 Å². The third-order valence-corrected chi connectivity index (χ3v) is 4.38. The molecule has 0 aliphatic carbocycles. The molecular weight excluding hydrogens is 336 g/mol. The lowest BCUT2D eigenvalue weighted by molar-refractivity contribution is 0.626. The Balaban J connectivity index is 1.82. The summed E-state index contributed by atoms with van der Waals surface area (Å²) in [5.41, 5.74) is 4.06. The summed E-state index contributed by atoms with van der Waals surface area (Å²) in [6, 6.07) is 12.4. The van der Waals surface area contributed by atoms with E-state index in [4.69, 9.17) is 0 Å². The number of nitrogens with zero attached hydrogens (tertiary/aromatic N) is 2. The van der Waals surface area contributed by atoms with Crippen molar-refractivity contribution < 1.29 is 8.78 Å². The average Bonchev–Trinajstić information content (AvgIpc) is 2.92. The zero-order valence-electron chi connectivity index (χ0n) is 14.0. The van der Waals surface area contributed by atoms with Gasteiger partial charge in [-0.3, -0.25) is 9.55 Å². The molecule has 0 amide bonds. The highest BCUT2D eigenvalue weighted by molar-refractivity contribution is 5.79. The van der Waals surface area contributed by atoms with E-state index in [9.17, 15) is 13.6 Å². The van der Waals surface area contributed by atoms with Gasteiger partial charge in [0, 0.05) is 11.8 Å². The summed E-state index contributed by atoms with van der Waals surface area (Å²) in [5, 5.41) is 0. The first-order valence-electron chi connectivity index (χ1n) is 8.11. The Bertz CT molecular complexity index is 1160. The summed E-state index contributed by atoms with van der Waals surface area (Å²) in [6.07, 6.45) is 1.65. The van der Waals surface area contributed by atoms with Crippen molar-refractivity contribution in [1.29, 1.82) is 0 Å². The van der Waals surface area contributed by atoms with Gasteiger partial charge in [-0.2, -0.15) is 0 Å². The number of hydrogen-bond donors (Lipinski definition) is 1. The quantitative estimate of drug-likeness (QED) is 0.606. The molecule has 130 valence electrons. The van der Waals surface area contributed by atoms with E-state index in [1.807, 2.05) is 13.0 Å². The molecule has 0 spiro atoms. The molecule has 4 rings (SSSR count). The number of aromatic amines is 1. The van der Waals surface area contributed by atoms with Crippen LogP contribution >= 0.6 is 0 Å². The van der Waals surface area contributed by atoms with Crippen LogP contribution in [0, 0.1) is 18.6 Å². The average molecular weight is 351 g/mol. The molecule has 26 heavy (non-hydrogen) atoms. The van der Waals surface area contributed by atoms with Crippen LogP contribution in [-0.4, -0.2) is 14.5 Å². The van der Waals surface area contributed by atoms with E-state index >= 15 is 0 Å². The number of imidazole rings is 1. The van der Waals surface area contributed by atoms with E-state index in [2.05, 4.69) is 9.97 Å². The predicted octanol–water partition coefficient (Wildman–Crippen LogP) is 4.03. The molecule has 2 aromatic heterocycles. The van der Waals surface area contributed by atoms with Crippen LogP contribution in [0.4, 0.5) is 8.78 Å². The number of pyridine rings is 1. The van der Waals surface area contributed by atoms with Gasteiger partial charge in [0.1, 0.15) is 11.6 Å². The first kappa shape index (κ1) is 16.2. The Kier molecular flexibility index (Phi) is 3.88. The lowest BCUT2D eigenvalue weighted by Crippen LogP contribution is -2.17. The van der Waals surface area contributed by atoms with Crippen molar-refractivity contribution in [3.05, 3.63) is 88.0 Å². The molecule has 0 saturated carbocycles. The molecule has 0 aliphatic heterocycles. The van der Waals surface area contributed by atoms with Crippen LogP contribution in [-0.2, 0) is 6.54 Å². The molecule has 0 aliphatic rings. The number of benzene rings is 2. The predicted molar refractivity (Wildman–Crippen MR) is 96.0 cm³/mol. The molecule has 2 aromatic carbocycles. The number of aromatic nitrogens is 3. The Morgan fingerprint density at radius 1 is 1.04 bits per heavy atom. The van der Waals surface area contributed by atoms with Gasteiger partial charge in [-0.25, -0.2) is 18.6 Å². The zero-order chi connectivity index (χ0) is 18.3. The number of aryl methyl sites for hydroxylation is 1. The van der Waals surface area contributed by atoms with Gasteiger partial charge in [0.2, 0.25) is 0 Å². The second kappa shape index (κ2) is 6.22. The van der Waals surface area contributed by atoms with Crippen molar-refractivity contribution in [2.45, 2.75) is 13.5 Å². The van der Waals surface area contributed by atoms with Crippen LogP contribution in [0.1, 0.15) is 11.1 Å². The second-order valence-corrected chi connectivity index (χ2v) is 6.19. The topological polar surface area (TPSA) is 50.7 Å². The minimum atomic E-state index is -0.323.